The Morgan fingerprint density at radius 2 is 1.94 bits per heavy atom. The number of anilines is 1. The van der Waals surface area contributed by atoms with E-state index in [1.54, 1.807) is 6.07 Å². The minimum absolute atomic E-state index is 0.0763. The van der Waals surface area contributed by atoms with Crippen molar-refractivity contribution in [3.05, 3.63) is 66.0 Å². The second-order valence-corrected chi connectivity index (χ2v) is 8.79. The van der Waals surface area contributed by atoms with E-state index in [0.717, 1.165) is 6.42 Å². The Morgan fingerprint density at radius 3 is 2.69 bits per heavy atom. The Balaban J connectivity index is 1.48. The molecule has 1 aromatic heterocycles. The zero-order valence-corrected chi connectivity index (χ0v) is 18.7. The van der Waals surface area contributed by atoms with E-state index >= 15 is 0 Å². The molecule has 4 rings (SSSR count). The highest BCUT2D eigenvalue weighted by Crippen LogP contribution is 2.30. The normalized spacial score (nSPS) is 14.9. The molecular formula is C23H26FN5O2S. The van der Waals surface area contributed by atoms with Crippen molar-refractivity contribution in [1.82, 2.24) is 20.1 Å². The molecule has 9 heteroatoms. The van der Waals surface area contributed by atoms with Gasteiger partial charge in [-0.3, -0.25) is 9.36 Å². The monoisotopic (exact) mass is 455 g/mol. The third-order valence-corrected chi connectivity index (χ3v) is 6.23. The van der Waals surface area contributed by atoms with Gasteiger partial charge >= 0.3 is 0 Å². The van der Waals surface area contributed by atoms with Crippen molar-refractivity contribution in [2.24, 2.45) is 0 Å². The van der Waals surface area contributed by atoms with Gasteiger partial charge < -0.3 is 15.0 Å². The number of nitrogens with one attached hydrogen (secondary N) is 1. The second kappa shape index (κ2) is 10.6. The van der Waals surface area contributed by atoms with E-state index in [4.69, 9.17) is 4.74 Å². The quantitative estimate of drug-likeness (QED) is 0.527. The Kier molecular flexibility index (Phi) is 7.39. The summed E-state index contributed by atoms with van der Waals surface area (Å²) in [7, 11) is 0. The molecule has 0 radical (unpaired) electrons. The molecule has 1 aliphatic heterocycles. The van der Waals surface area contributed by atoms with Crippen LogP contribution in [0.15, 0.2) is 59.8 Å². The van der Waals surface area contributed by atoms with E-state index < -0.39 is 0 Å². The number of thioether (sulfide) groups is 1. The Bertz CT molecular complexity index is 1040. The molecule has 7 nitrogen and oxygen atoms in total. The third kappa shape index (κ3) is 5.46. The first kappa shape index (κ1) is 22.3. The summed E-state index contributed by atoms with van der Waals surface area (Å²) < 4.78 is 21.2. The number of hydrogen-bond donors (Lipinski definition) is 1. The zero-order chi connectivity index (χ0) is 22.3. The molecule has 2 aromatic carbocycles. The van der Waals surface area contributed by atoms with Gasteiger partial charge in [-0.05, 0) is 37.1 Å². The molecule has 1 fully saturated rings. The zero-order valence-electron chi connectivity index (χ0n) is 17.9. The molecule has 1 saturated heterocycles. The van der Waals surface area contributed by atoms with Gasteiger partial charge in [0, 0.05) is 19.6 Å². The van der Waals surface area contributed by atoms with Crippen LogP contribution in [0.25, 0.3) is 5.69 Å². The SMILES string of the molecule is CC(Sc1nnc(N2CCOCC2)n1-c1cccc(F)c1)C(=O)NCCc1ccccc1. The molecule has 1 unspecified atom stereocenters. The Labute approximate surface area is 191 Å². The Hall–Kier alpha value is -2.91. The number of aromatic nitrogens is 3. The number of hydrogen-bond acceptors (Lipinski definition) is 6. The van der Waals surface area contributed by atoms with Gasteiger partial charge in [-0.2, -0.15) is 0 Å². The van der Waals surface area contributed by atoms with Crippen molar-refractivity contribution >= 4 is 23.6 Å². The lowest BCUT2D eigenvalue weighted by atomic mass is 10.1. The van der Waals surface area contributed by atoms with Crippen LogP contribution in [0.1, 0.15) is 12.5 Å². The number of amides is 1. The van der Waals surface area contributed by atoms with Crippen molar-refractivity contribution in [3.8, 4) is 5.69 Å². The summed E-state index contributed by atoms with van der Waals surface area (Å²) in [6, 6.07) is 16.3. The van der Waals surface area contributed by atoms with E-state index in [9.17, 15) is 9.18 Å². The molecule has 32 heavy (non-hydrogen) atoms. The maximum atomic E-state index is 14.0. The first-order valence-corrected chi connectivity index (χ1v) is 11.5. The first-order chi connectivity index (χ1) is 15.6. The van der Waals surface area contributed by atoms with Crippen LogP contribution in [0.2, 0.25) is 0 Å². The summed E-state index contributed by atoms with van der Waals surface area (Å²) in [5, 5.41) is 11.8. The van der Waals surface area contributed by atoms with Crippen LogP contribution in [0.4, 0.5) is 10.3 Å². The molecule has 2 heterocycles. The van der Waals surface area contributed by atoms with E-state index in [1.165, 1.54) is 29.5 Å². The van der Waals surface area contributed by atoms with Crippen molar-refractivity contribution < 1.29 is 13.9 Å². The number of ether oxygens (including phenoxy) is 1. The largest absolute Gasteiger partial charge is 0.378 e. The maximum absolute atomic E-state index is 14.0. The highest BCUT2D eigenvalue weighted by molar-refractivity contribution is 8.00. The third-order valence-electron chi connectivity index (χ3n) is 5.18. The van der Waals surface area contributed by atoms with Gasteiger partial charge in [-0.15, -0.1) is 10.2 Å². The number of benzene rings is 2. The fourth-order valence-corrected chi connectivity index (χ4v) is 4.37. The number of nitrogens with zero attached hydrogens (tertiary/aromatic N) is 4. The van der Waals surface area contributed by atoms with Gasteiger partial charge in [0.2, 0.25) is 11.9 Å². The van der Waals surface area contributed by atoms with Crippen LogP contribution in [0.5, 0.6) is 0 Å². The number of carbonyl (C=O) groups is 1. The van der Waals surface area contributed by atoms with Crippen LogP contribution in [0, 0.1) is 5.82 Å². The van der Waals surface area contributed by atoms with Crippen molar-refractivity contribution in [2.75, 3.05) is 37.7 Å². The van der Waals surface area contributed by atoms with Crippen LogP contribution >= 0.6 is 11.8 Å². The predicted molar refractivity (Wildman–Crippen MR) is 123 cm³/mol. The summed E-state index contributed by atoms with van der Waals surface area (Å²) in [6.45, 7) is 4.93. The van der Waals surface area contributed by atoms with Gasteiger partial charge in [0.1, 0.15) is 5.82 Å². The molecule has 0 aliphatic carbocycles. The van der Waals surface area contributed by atoms with E-state index in [0.29, 0.717) is 49.6 Å². The molecule has 1 amide bonds. The molecule has 168 valence electrons. The lowest BCUT2D eigenvalue weighted by Crippen LogP contribution is -2.38. The first-order valence-electron chi connectivity index (χ1n) is 10.6. The number of morpholine rings is 1. The number of halogens is 1. The average molecular weight is 456 g/mol. The van der Waals surface area contributed by atoms with Gasteiger partial charge in [-0.1, -0.05) is 48.2 Å². The van der Waals surface area contributed by atoms with Gasteiger partial charge in [0.05, 0.1) is 24.2 Å². The van der Waals surface area contributed by atoms with Crippen molar-refractivity contribution in [1.29, 1.82) is 0 Å². The van der Waals surface area contributed by atoms with E-state index in [-0.39, 0.29) is 17.0 Å². The molecule has 0 saturated carbocycles. The number of carbonyl (C=O) groups excluding carboxylic acids is 1. The Morgan fingerprint density at radius 1 is 1.16 bits per heavy atom. The van der Waals surface area contributed by atoms with Crippen molar-refractivity contribution in [3.63, 3.8) is 0 Å². The summed E-state index contributed by atoms with van der Waals surface area (Å²) in [6.07, 6.45) is 0.768. The van der Waals surface area contributed by atoms with Crippen molar-refractivity contribution in [2.45, 2.75) is 23.8 Å². The lowest BCUT2D eigenvalue weighted by Gasteiger charge is -2.28. The lowest BCUT2D eigenvalue weighted by molar-refractivity contribution is -0.120. The molecule has 0 spiro atoms. The number of rotatable bonds is 8. The summed E-state index contributed by atoms with van der Waals surface area (Å²) in [5.41, 5.74) is 1.80. The summed E-state index contributed by atoms with van der Waals surface area (Å²) in [4.78, 5) is 14.7. The summed E-state index contributed by atoms with van der Waals surface area (Å²) in [5.74, 6) is 0.206. The maximum Gasteiger partial charge on any atom is 0.233 e. The van der Waals surface area contributed by atoms with E-state index in [2.05, 4.69) is 20.4 Å². The molecule has 1 atom stereocenters. The molecule has 3 aromatic rings. The van der Waals surface area contributed by atoms with Gasteiger partial charge in [-0.25, -0.2) is 4.39 Å². The van der Waals surface area contributed by atoms with E-state index in [1.807, 2.05) is 47.9 Å². The topological polar surface area (TPSA) is 72.3 Å². The minimum Gasteiger partial charge on any atom is -0.378 e. The highest BCUT2D eigenvalue weighted by Gasteiger charge is 2.25. The van der Waals surface area contributed by atoms with Crippen LogP contribution < -0.4 is 10.2 Å². The predicted octanol–water partition coefficient (Wildman–Crippen LogP) is 3.08. The smallest absolute Gasteiger partial charge is 0.233 e. The molecular weight excluding hydrogens is 429 g/mol. The highest BCUT2D eigenvalue weighted by atomic mass is 32.2. The minimum atomic E-state index is -0.389. The van der Waals surface area contributed by atoms with Crippen LogP contribution in [-0.4, -0.2) is 58.8 Å². The van der Waals surface area contributed by atoms with Gasteiger partial charge in [0.15, 0.2) is 5.16 Å². The molecule has 0 bridgehead atoms. The standard InChI is InChI=1S/C23H26FN5O2S/c1-17(21(30)25-11-10-18-6-3-2-4-7-18)32-23-27-26-22(28-12-14-31-15-13-28)29(23)20-9-5-8-19(24)16-20/h2-9,16-17H,10-15H2,1H3,(H,25,30). The fraction of sp³-hybridized carbons (Fsp3) is 0.348. The fourth-order valence-electron chi connectivity index (χ4n) is 3.48. The molecule has 1 aliphatic rings. The van der Waals surface area contributed by atoms with Gasteiger partial charge in [0.25, 0.3) is 0 Å². The average Bonchev–Trinajstić information content (AvgIpc) is 3.23. The van der Waals surface area contributed by atoms with Crippen LogP contribution in [-0.2, 0) is 16.0 Å². The molecule has 1 N–H and O–H groups in total. The van der Waals surface area contributed by atoms with Crippen LogP contribution in [0.3, 0.4) is 0 Å². The second-order valence-electron chi connectivity index (χ2n) is 7.48. The summed E-state index contributed by atoms with van der Waals surface area (Å²) >= 11 is 1.31.